The summed E-state index contributed by atoms with van der Waals surface area (Å²) in [5.41, 5.74) is 5.24. The Morgan fingerprint density at radius 2 is 2.43 bits per heavy atom. The van der Waals surface area contributed by atoms with Crippen LogP contribution in [-0.4, -0.2) is 43.5 Å². The second-order valence-corrected chi connectivity index (χ2v) is 4.23. The van der Waals surface area contributed by atoms with E-state index in [1.807, 2.05) is 0 Å². The highest BCUT2D eigenvalue weighted by molar-refractivity contribution is 5.79. The standard InChI is InChI=1S/C10H21N3O/c1-8-3-5-13(7-8)6-4-9(12-2)10(11)14/h8-9,12H,3-7H2,1-2H3,(H2,11,14). The molecule has 1 amide bonds. The van der Waals surface area contributed by atoms with Gasteiger partial charge in [-0.05, 0) is 32.4 Å². The van der Waals surface area contributed by atoms with Crippen molar-refractivity contribution in [3.8, 4) is 0 Å². The van der Waals surface area contributed by atoms with E-state index in [1.54, 1.807) is 7.05 Å². The summed E-state index contributed by atoms with van der Waals surface area (Å²) in [6, 6.07) is -0.175. The Morgan fingerprint density at radius 3 is 2.86 bits per heavy atom. The van der Waals surface area contributed by atoms with Gasteiger partial charge in [0.15, 0.2) is 0 Å². The molecule has 0 aromatic carbocycles. The first kappa shape index (κ1) is 11.5. The highest BCUT2D eigenvalue weighted by Gasteiger charge is 2.20. The van der Waals surface area contributed by atoms with Crippen LogP contribution in [0.15, 0.2) is 0 Å². The van der Waals surface area contributed by atoms with Crippen LogP contribution in [0.1, 0.15) is 19.8 Å². The average molecular weight is 199 g/mol. The molecule has 4 heteroatoms. The van der Waals surface area contributed by atoms with Crippen molar-refractivity contribution in [2.75, 3.05) is 26.7 Å². The zero-order chi connectivity index (χ0) is 10.6. The van der Waals surface area contributed by atoms with Crippen LogP contribution >= 0.6 is 0 Å². The highest BCUT2D eigenvalue weighted by atomic mass is 16.1. The first-order valence-corrected chi connectivity index (χ1v) is 5.32. The van der Waals surface area contributed by atoms with Crippen molar-refractivity contribution in [3.63, 3.8) is 0 Å². The molecular weight excluding hydrogens is 178 g/mol. The summed E-state index contributed by atoms with van der Waals surface area (Å²) in [5, 5.41) is 2.94. The Labute approximate surface area is 85.8 Å². The van der Waals surface area contributed by atoms with Gasteiger partial charge in [-0.25, -0.2) is 0 Å². The van der Waals surface area contributed by atoms with E-state index in [0.29, 0.717) is 0 Å². The lowest BCUT2D eigenvalue weighted by atomic mass is 10.2. The quantitative estimate of drug-likeness (QED) is 0.644. The number of nitrogens with two attached hydrogens (primary N) is 1. The van der Waals surface area contributed by atoms with Gasteiger partial charge in [-0.1, -0.05) is 6.92 Å². The maximum Gasteiger partial charge on any atom is 0.234 e. The van der Waals surface area contributed by atoms with E-state index in [4.69, 9.17) is 5.73 Å². The van der Waals surface area contributed by atoms with E-state index in [1.165, 1.54) is 6.42 Å². The lowest BCUT2D eigenvalue weighted by Crippen LogP contribution is -2.41. The fraction of sp³-hybridized carbons (Fsp3) is 0.900. The van der Waals surface area contributed by atoms with E-state index in [9.17, 15) is 4.79 Å². The maximum absolute atomic E-state index is 10.9. The summed E-state index contributed by atoms with van der Waals surface area (Å²) in [7, 11) is 1.78. The smallest absolute Gasteiger partial charge is 0.234 e. The van der Waals surface area contributed by atoms with Crippen molar-refractivity contribution in [1.82, 2.24) is 10.2 Å². The van der Waals surface area contributed by atoms with Crippen LogP contribution in [0.2, 0.25) is 0 Å². The number of likely N-dealkylation sites (N-methyl/N-ethyl adjacent to an activating group) is 1. The molecule has 0 aliphatic carbocycles. The maximum atomic E-state index is 10.9. The third-order valence-electron chi connectivity index (χ3n) is 2.93. The number of primary amides is 1. The van der Waals surface area contributed by atoms with Gasteiger partial charge in [0.25, 0.3) is 0 Å². The van der Waals surface area contributed by atoms with Crippen LogP contribution in [-0.2, 0) is 4.79 Å². The largest absolute Gasteiger partial charge is 0.368 e. The monoisotopic (exact) mass is 199 g/mol. The summed E-state index contributed by atoms with van der Waals surface area (Å²) in [4.78, 5) is 13.3. The Balaban J connectivity index is 2.22. The first-order chi connectivity index (χ1) is 6.63. The molecule has 2 unspecified atom stereocenters. The Morgan fingerprint density at radius 1 is 1.71 bits per heavy atom. The van der Waals surface area contributed by atoms with Crippen molar-refractivity contribution >= 4 is 5.91 Å². The number of carbonyl (C=O) groups is 1. The van der Waals surface area contributed by atoms with Gasteiger partial charge in [-0.15, -0.1) is 0 Å². The van der Waals surface area contributed by atoms with Gasteiger partial charge in [0.2, 0.25) is 5.91 Å². The number of amides is 1. The van der Waals surface area contributed by atoms with Crippen LogP contribution in [0.25, 0.3) is 0 Å². The normalized spacial score (nSPS) is 25.1. The Bertz CT molecular complexity index is 196. The Hall–Kier alpha value is -0.610. The van der Waals surface area contributed by atoms with Crippen LogP contribution in [0.3, 0.4) is 0 Å². The summed E-state index contributed by atoms with van der Waals surface area (Å²) >= 11 is 0. The molecule has 0 bridgehead atoms. The molecule has 3 N–H and O–H groups in total. The fourth-order valence-corrected chi connectivity index (χ4v) is 1.97. The van der Waals surface area contributed by atoms with Gasteiger partial charge in [0.05, 0.1) is 6.04 Å². The minimum absolute atomic E-state index is 0.175. The van der Waals surface area contributed by atoms with E-state index >= 15 is 0 Å². The zero-order valence-corrected chi connectivity index (χ0v) is 9.12. The molecule has 0 saturated carbocycles. The van der Waals surface area contributed by atoms with Gasteiger partial charge in [-0.3, -0.25) is 4.79 Å². The molecule has 82 valence electrons. The van der Waals surface area contributed by atoms with Gasteiger partial charge < -0.3 is 16.0 Å². The topological polar surface area (TPSA) is 58.4 Å². The fourth-order valence-electron chi connectivity index (χ4n) is 1.97. The average Bonchev–Trinajstić information content (AvgIpc) is 2.52. The van der Waals surface area contributed by atoms with Gasteiger partial charge >= 0.3 is 0 Å². The molecule has 1 saturated heterocycles. The molecule has 1 aliphatic rings. The molecule has 1 aliphatic heterocycles. The number of rotatable bonds is 5. The molecule has 1 heterocycles. The molecule has 0 spiro atoms. The zero-order valence-electron chi connectivity index (χ0n) is 9.12. The highest BCUT2D eigenvalue weighted by Crippen LogP contribution is 2.15. The molecule has 2 atom stereocenters. The summed E-state index contributed by atoms with van der Waals surface area (Å²) < 4.78 is 0. The molecule has 4 nitrogen and oxygen atoms in total. The minimum atomic E-state index is -0.250. The summed E-state index contributed by atoms with van der Waals surface area (Å²) in [6.45, 7) is 5.56. The van der Waals surface area contributed by atoms with Crippen molar-refractivity contribution in [1.29, 1.82) is 0 Å². The molecule has 14 heavy (non-hydrogen) atoms. The molecular formula is C10H21N3O. The van der Waals surface area contributed by atoms with E-state index in [-0.39, 0.29) is 11.9 Å². The summed E-state index contributed by atoms with van der Waals surface area (Å²) in [6.07, 6.45) is 2.10. The van der Waals surface area contributed by atoms with Crippen molar-refractivity contribution in [3.05, 3.63) is 0 Å². The number of carbonyl (C=O) groups excluding carboxylic acids is 1. The number of hydrogen-bond donors (Lipinski definition) is 2. The lowest BCUT2D eigenvalue weighted by Gasteiger charge is -2.18. The van der Waals surface area contributed by atoms with Crippen molar-refractivity contribution < 1.29 is 4.79 Å². The summed E-state index contributed by atoms with van der Waals surface area (Å²) in [5.74, 6) is 0.552. The second kappa shape index (κ2) is 5.32. The van der Waals surface area contributed by atoms with Crippen LogP contribution in [0.5, 0.6) is 0 Å². The van der Waals surface area contributed by atoms with Crippen LogP contribution in [0, 0.1) is 5.92 Å². The predicted molar refractivity (Wildman–Crippen MR) is 56.9 cm³/mol. The molecule has 1 fully saturated rings. The van der Waals surface area contributed by atoms with E-state index in [2.05, 4.69) is 17.1 Å². The van der Waals surface area contributed by atoms with Crippen molar-refractivity contribution in [2.24, 2.45) is 11.7 Å². The van der Waals surface area contributed by atoms with E-state index in [0.717, 1.165) is 32.0 Å². The second-order valence-electron chi connectivity index (χ2n) is 4.23. The SMILES string of the molecule is CNC(CCN1CCC(C)C1)C(N)=O. The van der Waals surface area contributed by atoms with Crippen LogP contribution in [0.4, 0.5) is 0 Å². The van der Waals surface area contributed by atoms with Crippen LogP contribution < -0.4 is 11.1 Å². The van der Waals surface area contributed by atoms with Gasteiger partial charge in [0.1, 0.15) is 0 Å². The van der Waals surface area contributed by atoms with E-state index < -0.39 is 0 Å². The molecule has 0 radical (unpaired) electrons. The number of nitrogens with one attached hydrogen (secondary N) is 1. The first-order valence-electron chi connectivity index (χ1n) is 5.32. The van der Waals surface area contributed by atoms with Gasteiger partial charge in [0, 0.05) is 13.1 Å². The number of hydrogen-bond acceptors (Lipinski definition) is 3. The molecule has 0 aromatic heterocycles. The lowest BCUT2D eigenvalue weighted by molar-refractivity contribution is -0.120. The third kappa shape index (κ3) is 3.27. The minimum Gasteiger partial charge on any atom is -0.368 e. The molecule has 1 rings (SSSR count). The van der Waals surface area contributed by atoms with Gasteiger partial charge in [-0.2, -0.15) is 0 Å². The third-order valence-corrected chi connectivity index (χ3v) is 2.93. The number of nitrogens with zero attached hydrogens (tertiary/aromatic N) is 1. The Kier molecular flexibility index (Phi) is 4.35. The predicted octanol–water partition coefficient (Wildman–Crippen LogP) is -0.208. The van der Waals surface area contributed by atoms with Crippen molar-refractivity contribution in [2.45, 2.75) is 25.8 Å². The molecule has 0 aromatic rings. The number of likely N-dealkylation sites (tertiary alicyclic amines) is 1.